The number of amides is 2. The van der Waals surface area contributed by atoms with Crippen LogP contribution in [0.3, 0.4) is 0 Å². The molecule has 7 nitrogen and oxygen atoms in total. The number of carbonyl (C=O) groups excluding carboxylic acids is 1. The van der Waals surface area contributed by atoms with E-state index in [0.717, 1.165) is 17.4 Å². The Morgan fingerprint density at radius 3 is 2.56 bits per heavy atom. The van der Waals surface area contributed by atoms with Crippen molar-refractivity contribution in [1.29, 1.82) is 0 Å². The molecule has 3 aromatic rings. The van der Waals surface area contributed by atoms with E-state index in [4.69, 9.17) is 0 Å². The van der Waals surface area contributed by atoms with E-state index >= 15 is 0 Å². The highest BCUT2D eigenvalue weighted by atomic mass is 79.9. The number of urea groups is 1. The first-order valence-corrected chi connectivity index (χ1v) is 9.92. The van der Waals surface area contributed by atoms with Crippen molar-refractivity contribution in [2.75, 3.05) is 10.6 Å². The first kappa shape index (κ1) is 17.7. The Morgan fingerprint density at radius 2 is 1.88 bits per heavy atom. The number of fused-ring (bicyclic) bond motifs is 1. The fourth-order valence-corrected chi connectivity index (χ4v) is 4.33. The van der Waals surface area contributed by atoms with Crippen molar-refractivity contribution in [3.8, 4) is 5.75 Å². The smallest absolute Gasteiger partial charge is 0.323 e. The van der Waals surface area contributed by atoms with Gasteiger partial charge in [0, 0.05) is 15.9 Å². The van der Waals surface area contributed by atoms with Crippen LogP contribution in [0.4, 0.5) is 16.2 Å². The molecule has 0 aliphatic carbocycles. The average molecular weight is 443 g/mol. The zero-order chi connectivity index (χ0) is 18.2. The summed E-state index contributed by atoms with van der Waals surface area (Å²) in [5.41, 5.74) is 0.582. The standard InChI is InChI=1S/C15H11BrN2O5S2/c16-9-3-1-2-4-10(9)17-15(20)18-13-11(19)7-12(25(21,22)23)8-5-6-24-14(8)13/h1-7,19H,(H2,17,18,20)(H,21,22,23). The van der Waals surface area contributed by atoms with Gasteiger partial charge in [-0.2, -0.15) is 8.42 Å². The van der Waals surface area contributed by atoms with Crippen molar-refractivity contribution in [3.05, 3.63) is 46.3 Å². The van der Waals surface area contributed by atoms with Crippen molar-refractivity contribution in [1.82, 2.24) is 0 Å². The second-order valence-corrected chi connectivity index (χ2v) is 8.13. The van der Waals surface area contributed by atoms with Gasteiger partial charge in [-0.15, -0.1) is 11.3 Å². The Kier molecular flexibility index (Phi) is 4.69. The number of para-hydroxylation sites is 1. The van der Waals surface area contributed by atoms with E-state index in [0.29, 0.717) is 14.9 Å². The minimum Gasteiger partial charge on any atom is -0.506 e. The third-order valence-corrected chi connectivity index (χ3v) is 5.84. The lowest BCUT2D eigenvalue weighted by atomic mass is 10.2. The number of rotatable bonds is 3. The molecule has 0 bridgehead atoms. The Morgan fingerprint density at radius 1 is 1.16 bits per heavy atom. The first-order chi connectivity index (χ1) is 11.8. The molecule has 1 aromatic heterocycles. The van der Waals surface area contributed by atoms with Gasteiger partial charge in [0.1, 0.15) is 16.3 Å². The monoisotopic (exact) mass is 442 g/mol. The van der Waals surface area contributed by atoms with E-state index in [1.54, 1.807) is 29.6 Å². The predicted molar refractivity (Wildman–Crippen MR) is 100 cm³/mol. The van der Waals surface area contributed by atoms with Crippen LogP contribution in [0.15, 0.2) is 51.1 Å². The third-order valence-electron chi connectivity index (χ3n) is 3.32. The largest absolute Gasteiger partial charge is 0.506 e. The fourth-order valence-electron chi connectivity index (χ4n) is 2.25. The van der Waals surface area contributed by atoms with Crippen LogP contribution in [-0.4, -0.2) is 24.1 Å². The summed E-state index contributed by atoms with van der Waals surface area (Å²) in [5.74, 6) is -0.468. The summed E-state index contributed by atoms with van der Waals surface area (Å²) >= 11 is 4.43. The van der Waals surface area contributed by atoms with Gasteiger partial charge >= 0.3 is 6.03 Å². The highest BCUT2D eigenvalue weighted by Crippen LogP contribution is 2.40. The Labute approximate surface area is 155 Å². The summed E-state index contributed by atoms with van der Waals surface area (Å²) < 4.78 is 33.2. The van der Waals surface area contributed by atoms with Gasteiger partial charge in [0.15, 0.2) is 0 Å². The lowest BCUT2D eigenvalue weighted by molar-refractivity contribution is 0.262. The molecule has 1 heterocycles. The van der Waals surface area contributed by atoms with Crippen molar-refractivity contribution in [3.63, 3.8) is 0 Å². The minimum atomic E-state index is -4.51. The number of nitrogens with one attached hydrogen (secondary N) is 2. The summed E-state index contributed by atoms with van der Waals surface area (Å²) in [4.78, 5) is 11.8. The molecule has 3 rings (SSSR count). The Hall–Kier alpha value is -2.14. The zero-order valence-corrected chi connectivity index (χ0v) is 15.6. The average Bonchev–Trinajstić information content (AvgIpc) is 3.00. The maximum atomic E-state index is 12.2. The van der Waals surface area contributed by atoms with Crippen molar-refractivity contribution in [2.24, 2.45) is 0 Å². The minimum absolute atomic E-state index is 0.0574. The lowest BCUT2D eigenvalue weighted by Gasteiger charge is -2.12. The van der Waals surface area contributed by atoms with Gasteiger partial charge in [0.05, 0.1) is 10.4 Å². The highest BCUT2D eigenvalue weighted by Gasteiger charge is 2.21. The summed E-state index contributed by atoms with van der Waals surface area (Å²) in [7, 11) is -4.51. The van der Waals surface area contributed by atoms with E-state index in [1.165, 1.54) is 6.07 Å². The molecule has 0 atom stereocenters. The Balaban J connectivity index is 1.97. The predicted octanol–water partition coefficient (Wildman–Crippen LogP) is 4.26. The molecule has 4 N–H and O–H groups in total. The van der Waals surface area contributed by atoms with Crippen LogP contribution in [0.5, 0.6) is 5.75 Å². The SMILES string of the molecule is O=C(Nc1ccccc1Br)Nc1c(O)cc(S(=O)(=O)O)c2ccsc12. The van der Waals surface area contributed by atoms with Crippen molar-refractivity contribution >= 4 is 64.9 Å². The summed E-state index contributed by atoms with van der Waals surface area (Å²) in [5, 5.41) is 17.0. The van der Waals surface area contributed by atoms with Crippen molar-refractivity contribution in [2.45, 2.75) is 4.90 Å². The molecular weight excluding hydrogens is 432 g/mol. The summed E-state index contributed by atoms with van der Waals surface area (Å²) in [6.07, 6.45) is 0. The van der Waals surface area contributed by atoms with E-state index < -0.39 is 26.8 Å². The highest BCUT2D eigenvalue weighted by molar-refractivity contribution is 9.10. The van der Waals surface area contributed by atoms with E-state index in [1.807, 2.05) is 0 Å². The molecule has 0 radical (unpaired) electrons. The van der Waals surface area contributed by atoms with Gasteiger partial charge in [-0.1, -0.05) is 12.1 Å². The lowest BCUT2D eigenvalue weighted by Crippen LogP contribution is -2.20. The number of halogens is 1. The van der Waals surface area contributed by atoms with Gasteiger partial charge in [-0.3, -0.25) is 4.55 Å². The number of anilines is 2. The molecule has 2 amide bonds. The number of phenols is 1. The number of benzene rings is 2. The van der Waals surface area contributed by atoms with Gasteiger partial charge in [0.2, 0.25) is 0 Å². The van der Waals surface area contributed by atoms with Crippen LogP contribution >= 0.6 is 27.3 Å². The van der Waals surface area contributed by atoms with Crippen LogP contribution in [-0.2, 0) is 10.1 Å². The molecule has 0 aliphatic rings. The summed E-state index contributed by atoms with van der Waals surface area (Å²) in [6, 6.07) is 8.75. The number of hydrogen-bond donors (Lipinski definition) is 4. The second-order valence-electron chi connectivity index (χ2n) is 4.97. The molecule has 130 valence electrons. The van der Waals surface area contributed by atoms with Gasteiger partial charge in [-0.25, -0.2) is 4.79 Å². The van der Waals surface area contributed by atoms with Gasteiger partial charge in [0.25, 0.3) is 10.1 Å². The van der Waals surface area contributed by atoms with Crippen LogP contribution in [0.1, 0.15) is 0 Å². The van der Waals surface area contributed by atoms with Gasteiger partial charge in [-0.05, 0) is 39.5 Å². The number of aromatic hydroxyl groups is 1. The van der Waals surface area contributed by atoms with Crippen LogP contribution in [0, 0.1) is 0 Å². The molecule has 0 saturated heterocycles. The van der Waals surface area contributed by atoms with Crippen LogP contribution < -0.4 is 10.6 Å². The zero-order valence-electron chi connectivity index (χ0n) is 12.4. The molecule has 2 aromatic carbocycles. The van der Waals surface area contributed by atoms with Crippen LogP contribution in [0.2, 0.25) is 0 Å². The van der Waals surface area contributed by atoms with Crippen molar-refractivity contribution < 1.29 is 22.9 Å². The van der Waals surface area contributed by atoms with Gasteiger partial charge < -0.3 is 15.7 Å². The normalized spacial score (nSPS) is 11.4. The molecule has 0 spiro atoms. The van der Waals surface area contributed by atoms with E-state index in [2.05, 4.69) is 26.6 Å². The molecule has 0 aliphatic heterocycles. The molecule has 0 fully saturated rings. The molecule has 0 saturated carbocycles. The molecule has 0 unspecified atom stereocenters. The number of thiophene rings is 1. The summed E-state index contributed by atoms with van der Waals surface area (Å²) in [6.45, 7) is 0. The fraction of sp³-hybridized carbons (Fsp3) is 0. The Bertz CT molecular complexity index is 1080. The number of phenolic OH excluding ortho intramolecular Hbond substituents is 1. The second kappa shape index (κ2) is 6.64. The quantitative estimate of drug-likeness (QED) is 0.357. The molecular formula is C15H11BrN2O5S2. The molecule has 25 heavy (non-hydrogen) atoms. The number of carbonyl (C=O) groups is 1. The first-order valence-electron chi connectivity index (χ1n) is 6.80. The number of hydrogen-bond acceptors (Lipinski definition) is 5. The maximum Gasteiger partial charge on any atom is 0.323 e. The maximum absolute atomic E-state index is 12.2. The molecule has 10 heteroatoms. The van der Waals surface area contributed by atoms with E-state index in [-0.39, 0.29) is 11.1 Å². The van der Waals surface area contributed by atoms with Crippen LogP contribution in [0.25, 0.3) is 10.1 Å². The topological polar surface area (TPSA) is 116 Å². The third kappa shape index (κ3) is 3.61. The van der Waals surface area contributed by atoms with E-state index in [9.17, 15) is 22.9 Å².